The number of carbonyl (C=O) groups is 2. The lowest BCUT2D eigenvalue weighted by atomic mass is 10.1. The van der Waals surface area contributed by atoms with Crippen molar-refractivity contribution in [3.8, 4) is 0 Å². The molecule has 0 fully saturated rings. The zero-order valence-corrected chi connectivity index (χ0v) is 19.2. The van der Waals surface area contributed by atoms with Gasteiger partial charge in [-0.25, -0.2) is 0 Å². The summed E-state index contributed by atoms with van der Waals surface area (Å²) in [6, 6.07) is 21.1. The Labute approximate surface area is 188 Å². The summed E-state index contributed by atoms with van der Waals surface area (Å²) in [6.07, 6.45) is 0.696. The van der Waals surface area contributed by atoms with Crippen molar-refractivity contribution in [1.29, 1.82) is 0 Å². The van der Waals surface area contributed by atoms with Crippen molar-refractivity contribution in [2.24, 2.45) is 0 Å². The molecule has 31 heavy (non-hydrogen) atoms. The van der Waals surface area contributed by atoms with E-state index in [0.717, 1.165) is 27.3 Å². The van der Waals surface area contributed by atoms with Crippen LogP contribution in [0.4, 0.5) is 11.4 Å². The zero-order valence-electron chi connectivity index (χ0n) is 18.4. The van der Waals surface area contributed by atoms with Crippen LogP contribution in [0.5, 0.6) is 0 Å². The number of hydrogen-bond acceptors (Lipinski definition) is 3. The fraction of sp³-hybridized carbons (Fsp3) is 0.231. The number of nitrogens with one attached hydrogen (secondary N) is 2. The van der Waals surface area contributed by atoms with Crippen LogP contribution in [-0.2, 0) is 4.79 Å². The summed E-state index contributed by atoms with van der Waals surface area (Å²) in [5.41, 5.74) is 5.49. The molecule has 1 atom stereocenters. The number of anilines is 2. The largest absolute Gasteiger partial charge is 0.325 e. The Bertz CT molecular complexity index is 1060. The van der Waals surface area contributed by atoms with Crippen LogP contribution in [0.1, 0.15) is 40.4 Å². The van der Waals surface area contributed by atoms with Crippen molar-refractivity contribution in [2.45, 2.75) is 44.3 Å². The van der Waals surface area contributed by atoms with Gasteiger partial charge in [0.1, 0.15) is 0 Å². The molecule has 0 aliphatic carbocycles. The van der Waals surface area contributed by atoms with Crippen LogP contribution >= 0.6 is 11.8 Å². The lowest BCUT2D eigenvalue weighted by molar-refractivity contribution is -0.115. The van der Waals surface area contributed by atoms with Gasteiger partial charge in [-0.15, -0.1) is 11.8 Å². The van der Waals surface area contributed by atoms with Crippen molar-refractivity contribution in [1.82, 2.24) is 0 Å². The van der Waals surface area contributed by atoms with Gasteiger partial charge in [0, 0.05) is 21.8 Å². The summed E-state index contributed by atoms with van der Waals surface area (Å²) >= 11 is 1.50. The van der Waals surface area contributed by atoms with Gasteiger partial charge in [-0.3, -0.25) is 9.59 Å². The van der Waals surface area contributed by atoms with Crippen molar-refractivity contribution >= 4 is 35.0 Å². The molecule has 0 radical (unpaired) electrons. The molecule has 1 unspecified atom stereocenters. The highest BCUT2D eigenvalue weighted by Gasteiger charge is 2.18. The van der Waals surface area contributed by atoms with E-state index in [0.29, 0.717) is 17.7 Å². The van der Waals surface area contributed by atoms with E-state index in [-0.39, 0.29) is 17.1 Å². The highest BCUT2D eigenvalue weighted by molar-refractivity contribution is 8.00. The third-order valence-electron chi connectivity index (χ3n) is 4.84. The summed E-state index contributed by atoms with van der Waals surface area (Å²) in [4.78, 5) is 26.3. The summed E-state index contributed by atoms with van der Waals surface area (Å²) in [5, 5.41) is 5.74. The number of rotatable bonds is 7. The van der Waals surface area contributed by atoms with Gasteiger partial charge >= 0.3 is 0 Å². The van der Waals surface area contributed by atoms with Crippen LogP contribution in [0.2, 0.25) is 0 Å². The van der Waals surface area contributed by atoms with E-state index in [9.17, 15) is 9.59 Å². The third kappa shape index (κ3) is 6.46. The van der Waals surface area contributed by atoms with Crippen LogP contribution in [0.3, 0.4) is 0 Å². The molecule has 0 spiro atoms. The van der Waals surface area contributed by atoms with Gasteiger partial charge in [0.15, 0.2) is 0 Å². The minimum absolute atomic E-state index is 0.0217. The first-order valence-corrected chi connectivity index (χ1v) is 11.3. The number of amides is 2. The second-order valence-electron chi connectivity index (χ2n) is 7.73. The van der Waals surface area contributed by atoms with E-state index in [1.165, 1.54) is 11.8 Å². The van der Waals surface area contributed by atoms with Crippen molar-refractivity contribution < 1.29 is 9.59 Å². The molecule has 5 heteroatoms. The lowest BCUT2D eigenvalue weighted by Gasteiger charge is -2.16. The minimum atomic E-state index is -0.233. The Balaban J connectivity index is 1.67. The molecule has 2 amide bonds. The first-order valence-electron chi connectivity index (χ1n) is 10.4. The number of aryl methyl sites for hydroxylation is 3. The summed E-state index contributed by atoms with van der Waals surface area (Å²) in [7, 11) is 0. The molecule has 4 nitrogen and oxygen atoms in total. The second-order valence-corrected chi connectivity index (χ2v) is 9.00. The molecule has 3 rings (SSSR count). The minimum Gasteiger partial charge on any atom is -0.325 e. The van der Waals surface area contributed by atoms with E-state index in [1.807, 2.05) is 88.4 Å². The molecule has 0 aliphatic heterocycles. The maximum atomic E-state index is 12.8. The average molecular weight is 433 g/mol. The van der Waals surface area contributed by atoms with Gasteiger partial charge in [0.25, 0.3) is 5.91 Å². The molecule has 2 N–H and O–H groups in total. The predicted octanol–water partition coefficient (Wildman–Crippen LogP) is 6.37. The molecule has 0 bridgehead atoms. The van der Waals surface area contributed by atoms with E-state index in [4.69, 9.17) is 0 Å². The third-order valence-corrected chi connectivity index (χ3v) is 6.19. The highest BCUT2D eigenvalue weighted by atomic mass is 32.2. The maximum Gasteiger partial charge on any atom is 0.255 e. The first kappa shape index (κ1) is 22.6. The quantitative estimate of drug-likeness (QED) is 0.426. The van der Waals surface area contributed by atoms with Crippen LogP contribution in [0.15, 0.2) is 71.6 Å². The zero-order chi connectivity index (χ0) is 22.4. The molecule has 0 aliphatic rings. The van der Waals surface area contributed by atoms with Crippen LogP contribution in [0, 0.1) is 20.8 Å². The summed E-state index contributed by atoms with van der Waals surface area (Å²) in [5.74, 6) is -0.173. The molecule has 0 heterocycles. The first-order chi connectivity index (χ1) is 14.8. The molecule has 160 valence electrons. The molecular formula is C26H28N2O2S. The topological polar surface area (TPSA) is 58.2 Å². The van der Waals surface area contributed by atoms with Crippen LogP contribution < -0.4 is 10.6 Å². The fourth-order valence-electron chi connectivity index (χ4n) is 3.31. The van der Waals surface area contributed by atoms with E-state index in [2.05, 4.69) is 16.7 Å². The van der Waals surface area contributed by atoms with Gasteiger partial charge in [-0.05, 0) is 80.8 Å². The van der Waals surface area contributed by atoms with Gasteiger partial charge in [0.2, 0.25) is 5.91 Å². The molecular weight excluding hydrogens is 404 g/mol. The van der Waals surface area contributed by atoms with Crippen molar-refractivity contribution in [2.75, 3.05) is 10.6 Å². The van der Waals surface area contributed by atoms with Gasteiger partial charge in [0.05, 0.1) is 5.25 Å². The lowest BCUT2D eigenvalue weighted by Crippen LogP contribution is -2.24. The number of carbonyl (C=O) groups excluding carboxylic acids is 2. The average Bonchev–Trinajstić information content (AvgIpc) is 2.72. The normalized spacial score (nSPS) is 11.6. The SMILES string of the molecule is CCC(Sc1cccc(NC(=O)c2ccc(C)cc2)c1)C(=O)Nc1cc(C)cc(C)c1. The standard InChI is InChI=1S/C26H28N2O2S/c1-5-24(26(30)28-22-14-18(3)13-19(4)15-22)31-23-8-6-7-21(16-23)27-25(29)20-11-9-17(2)10-12-20/h6-16,24H,5H2,1-4H3,(H,27,29)(H,28,30). The second kappa shape index (κ2) is 10.3. The maximum absolute atomic E-state index is 12.8. The van der Waals surface area contributed by atoms with E-state index >= 15 is 0 Å². The smallest absolute Gasteiger partial charge is 0.255 e. The molecule has 0 saturated carbocycles. The summed E-state index contributed by atoms with van der Waals surface area (Å²) in [6.45, 7) is 8.03. The predicted molar refractivity (Wildman–Crippen MR) is 130 cm³/mol. The Morgan fingerprint density at radius 3 is 2.13 bits per heavy atom. The van der Waals surface area contributed by atoms with Crippen LogP contribution in [0.25, 0.3) is 0 Å². The highest BCUT2D eigenvalue weighted by Crippen LogP contribution is 2.29. The van der Waals surface area contributed by atoms with Crippen molar-refractivity contribution in [3.05, 3.63) is 89.0 Å². The molecule has 0 saturated heterocycles. The number of benzene rings is 3. The van der Waals surface area contributed by atoms with E-state index in [1.54, 1.807) is 0 Å². The number of hydrogen-bond donors (Lipinski definition) is 2. The van der Waals surface area contributed by atoms with Gasteiger partial charge in [-0.1, -0.05) is 36.8 Å². The Hall–Kier alpha value is -3.05. The monoisotopic (exact) mass is 432 g/mol. The van der Waals surface area contributed by atoms with Crippen LogP contribution in [-0.4, -0.2) is 17.1 Å². The molecule has 3 aromatic carbocycles. The molecule has 3 aromatic rings. The summed E-state index contributed by atoms with van der Waals surface area (Å²) < 4.78 is 0. The van der Waals surface area contributed by atoms with Gasteiger partial charge in [-0.2, -0.15) is 0 Å². The Morgan fingerprint density at radius 2 is 1.48 bits per heavy atom. The fourth-order valence-corrected chi connectivity index (χ4v) is 4.32. The van der Waals surface area contributed by atoms with Crippen molar-refractivity contribution in [3.63, 3.8) is 0 Å². The Morgan fingerprint density at radius 1 is 0.806 bits per heavy atom. The Kier molecular flexibility index (Phi) is 7.53. The molecule has 0 aromatic heterocycles. The van der Waals surface area contributed by atoms with E-state index < -0.39 is 0 Å². The van der Waals surface area contributed by atoms with Gasteiger partial charge < -0.3 is 10.6 Å². The number of thioether (sulfide) groups is 1.